The summed E-state index contributed by atoms with van der Waals surface area (Å²) in [6, 6.07) is 7.29. The van der Waals surface area contributed by atoms with Crippen LogP contribution in [0.5, 0.6) is 0 Å². The fourth-order valence-corrected chi connectivity index (χ4v) is 2.26. The lowest BCUT2D eigenvalue weighted by molar-refractivity contribution is -0.121. The van der Waals surface area contributed by atoms with Crippen LogP contribution in [0.2, 0.25) is 0 Å². The fourth-order valence-electron chi connectivity index (χ4n) is 2.26. The Morgan fingerprint density at radius 1 is 1.32 bits per heavy atom. The minimum absolute atomic E-state index is 0.0439. The van der Waals surface area contributed by atoms with Crippen molar-refractivity contribution in [1.82, 2.24) is 14.9 Å². The Kier molecular flexibility index (Phi) is 5.69. The third kappa shape index (κ3) is 4.41. The Labute approximate surface area is 130 Å². The summed E-state index contributed by atoms with van der Waals surface area (Å²) in [6.07, 6.45) is 3.60. The second-order valence-electron chi connectivity index (χ2n) is 5.90. The lowest BCUT2D eigenvalue weighted by Crippen LogP contribution is -2.26. The number of carbonyl (C=O) groups is 1. The van der Waals surface area contributed by atoms with Crippen LogP contribution in [0.3, 0.4) is 0 Å². The van der Waals surface area contributed by atoms with Crippen molar-refractivity contribution < 1.29 is 4.79 Å². The summed E-state index contributed by atoms with van der Waals surface area (Å²) < 4.78 is 1.57. The number of amides is 1. The number of fused-ring (bicyclic) bond motifs is 1. The standard InChI is InChI=1S/C17H23N3O2/c1-13(2)9-10-18-16(21)8-5-11-20-12-19-15-7-4-3-6-14(15)17(20)22/h3-4,6-7,12-13H,5,8-11H2,1-2H3,(H,18,21). The minimum atomic E-state index is -0.0502. The number of nitrogens with zero attached hydrogens (tertiary/aromatic N) is 2. The van der Waals surface area contributed by atoms with Crippen LogP contribution in [0, 0.1) is 5.92 Å². The number of nitrogens with one attached hydrogen (secondary N) is 1. The number of rotatable bonds is 7. The van der Waals surface area contributed by atoms with Gasteiger partial charge in [0, 0.05) is 19.5 Å². The molecule has 5 nitrogen and oxygen atoms in total. The summed E-state index contributed by atoms with van der Waals surface area (Å²) in [7, 11) is 0. The van der Waals surface area contributed by atoms with Gasteiger partial charge >= 0.3 is 0 Å². The summed E-state index contributed by atoms with van der Waals surface area (Å²) in [6.45, 7) is 5.48. The quantitative estimate of drug-likeness (QED) is 0.853. The molecule has 0 atom stereocenters. The molecular formula is C17H23N3O2. The van der Waals surface area contributed by atoms with Crippen molar-refractivity contribution in [2.75, 3.05) is 6.54 Å². The molecule has 0 saturated heterocycles. The SMILES string of the molecule is CC(C)CCNC(=O)CCCn1cnc2ccccc2c1=O. The van der Waals surface area contributed by atoms with E-state index in [0.29, 0.717) is 42.8 Å². The fraction of sp³-hybridized carbons (Fsp3) is 0.471. The predicted octanol–water partition coefficient (Wildman–Crippen LogP) is 2.34. The molecule has 1 amide bonds. The van der Waals surface area contributed by atoms with E-state index < -0.39 is 0 Å². The van der Waals surface area contributed by atoms with E-state index >= 15 is 0 Å². The average molecular weight is 301 g/mol. The van der Waals surface area contributed by atoms with Crippen LogP contribution in [-0.4, -0.2) is 22.0 Å². The smallest absolute Gasteiger partial charge is 0.261 e. The van der Waals surface area contributed by atoms with Crippen LogP contribution in [0.4, 0.5) is 0 Å². The molecule has 5 heteroatoms. The molecule has 0 unspecified atom stereocenters. The zero-order chi connectivity index (χ0) is 15.9. The van der Waals surface area contributed by atoms with E-state index in [9.17, 15) is 9.59 Å². The molecule has 0 radical (unpaired) electrons. The van der Waals surface area contributed by atoms with E-state index in [1.54, 1.807) is 17.0 Å². The Morgan fingerprint density at radius 2 is 2.09 bits per heavy atom. The van der Waals surface area contributed by atoms with Gasteiger partial charge in [0.2, 0.25) is 5.91 Å². The Morgan fingerprint density at radius 3 is 2.86 bits per heavy atom. The number of para-hydroxylation sites is 1. The third-order valence-electron chi connectivity index (χ3n) is 3.58. The summed E-state index contributed by atoms with van der Waals surface area (Å²) in [5, 5.41) is 3.52. The van der Waals surface area contributed by atoms with Crippen LogP contribution in [0.15, 0.2) is 35.4 Å². The maximum atomic E-state index is 12.3. The second kappa shape index (κ2) is 7.73. The second-order valence-corrected chi connectivity index (χ2v) is 5.90. The molecule has 0 fully saturated rings. The molecule has 22 heavy (non-hydrogen) atoms. The third-order valence-corrected chi connectivity index (χ3v) is 3.58. The van der Waals surface area contributed by atoms with Crippen LogP contribution >= 0.6 is 0 Å². The van der Waals surface area contributed by atoms with E-state index in [0.717, 1.165) is 6.42 Å². The molecular weight excluding hydrogens is 278 g/mol. The highest BCUT2D eigenvalue weighted by Crippen LogP contribution is 2.05. The van der Waals surface area contributed by atoms with Crippen molar-refractivity contribution >= 4 is 16.8 Å². The van der Waals surface area contributed by atoms with E-state index in [-0.39, 0.29) is 11.5 Å². The lowest BCUT2D eigenvalue weighted by atomic mass is 10.1. The number of aromatic nitrogens is 2. The molecule has 0 aliphatic carbocycles. The van der Waals surface area contributed by atoms with Gasteiger partial charge in [-0.3, -0.25) is 14.2 Å². The van der Waals surface area contributed by atoms with Crippen LogP contribution in [0.25, 0.3) is 10.9 Å². The highest BCUT2D eigenvalue weighted by molar-refractivity contribution is 5.77. The highest BCUT2D eigenvalue weighted by Gasteiger charge is 2.05. The molecule has 0 aliphatic rings. The molecule has 118 valence electrons. The summed E-state index contributed by atoms with van der Waals surface area (Å²) in [5.74, 6) is 0.630. The molecule has 0 bridgehead atoms. The largest absolute Gasteiger partial charge is 0.356 e. The summed E-state index contributed by atoms with van der Waals surface area (Å²) in [4.78, 5) is 28.2. The molecule has 1 aromatic carbocycles. The Balaban J connectivity index is 1.86. The highest BCUT2D eigenvalue weighted by atomic mass is 16.1. The van der Waals surface area contributed by atoms with Crippen molar-refractivity contribution in [2.24, 2.45) is 5.92 Å². The van der Waals surface area contributed by atoms with Gasteiger partial charge in [0.25, 0.3) is 5.56 Å². The minimum Gasteiger partial charge on any atom is -0.356 e. The van der Waals surface area contributed by atoms with Gasteiger partial charge in [0.05, 0.1) is 17.2 Å². The van der Waals surface area contributed by atoms with Crippen molar-refractivity contribution in [3.63, 3.8) is 0 Å². The maximum Gasteiger partial charge on any atom is 0.261 e. The van der Waals surface area contributed by atoms with Crippen molar-refractivity contribution in [3.05, 3.63) is 40.9 Å². The molecule has 0 aliphatic heterocycles. The van der Waals surface area contributed by atoms with E-state index in [1.165, 1.54) is 0 Å². The van der Waals surface area contributed by atoms with Crippen molar-refractivity contribution in [3.8, 4) is 0 Å². The van der Waals surface area contributed by atoms with E-state index in [4.69, 9.17) is 0 Å². The van der Waals surface area contributed by atoms with E-state index in [1.807, 2.05) is 18.2 Å². The summed E-state index contributed by atoms with van der Waals surface area (Å²) in [5.41, 5.74) is 0.654. The molecule has 0 saturated carbocycles. The molecule has 1 aromatic heterocycles. The first-order valence-corrected chi connectivity index (χ1v) is 7.79. The average Bonchev–Trinajstić information content (AvgIpc) is 2.49. The van der Waals surface area contributed by atoms with Crippen molar-refractivity contribution in [1.29, 1.82) is 0 Å². The lowest BCUT2D eigenvalue weighted by Gasteiger charge is -2.08. The Hall–Kier alpha value is -2.17. The molecule has 0 spiro atoms. The van der Waals surface area contributed by atoms with Gasteiger partial charge in [-0.2, -0.15) is 0 Å². The summed E-state index contributed by atoms with van der Waals surface area (Å²) >= 11 is 0. The number of hydrogen-bond donors (Lipinski definition) is 1. The molecule has 2 aromatic rings. The van der Waals surface area contributed by atoms with Gasteiger partial charge < -0.3 is 5.32 Å². The molecule has 1 N–H and O–H groups in total. The first kappa shape index (κ1) is 16.2. The zero-order valence-corrected chi connectivity index (χ0v) is 13.2. The van der Waals surface area contributed by atoms with Gasteiger partial charge in [-0.15, -0.1) is 0 Å². The monoisotopic (exact) mass is 301 g/mol. The first-order valence-electron chi connectivity index (χ1n) is 7.79. The predicted molar refractivity (Wildman–Crippen MR) is 87.7 cm³/mol. The number of hydrogen-bond acceptors (Lipinski definition) is 3. The maximum absolute atomic E-state index is 12.3. The van der Waals surface area contributed by atoms with Crippen LogP contribution in [0.1, 0.15) is 33.1 Å². The van der Waals surface area contributed by atoms with Gasteiger partial charge in [-0.05, 0) is 30.9 Å². The van der Waals surface area contributed by atoms with E-state index in [2.05, 4.69) is 24.1 Å². The molecule has 2 rings (SSSR count). The van der Waals surface area contributed by atoms with Gasteiger partial charge in [0.15, 0.2) is 0 Å². The first-order chi connectivity index (χ1) is 10.6. The Bertz CT molecular complexity index is 692. The zero-order valence-electron chi connectivity index (χ0n) is 13.2. The topological polar surface area (TPSA) is 64.0 Å². The van der Waals surface area contributed by atoms with Gasteiger partial charge in [0.1, 0.15) is 0 Å². The van der Waals surface area contributed by atoms with Crippen LogP contribution < -0.4 is 10.9 Å². The number of carbonyl (C=O) groups excluding carboxylic acids is 1. The number of aryl methyl sites for hydroxylation is 1. The van der Waals surface area contributed by atoms with Gasteiger partial charge in [-0.1, -0.05) is 26.0 Å². The van der Waals surface area contributed by atoms with Crippen LogP contribution in [-0.2, 0) is 11.3 Å². The molecule has 1 heterocycles. The van der Waals surface area contributed by atoms with Gasteiger partial charge in [-0.25, -0.2) is 4.98 Å². The number of benzene rings is 1. The normalized spacial score (nSPS) is 11.0. The van der Waals surface area contributed by atoms with Crippen molar-refractivity contribution in [2.45, 2.75) is 39.7 Å².